The highest BCUT2D eigenvalue weighted by molar-refractivity contribution is 5.13. The first-order valence-electron chi connectivity index (χ1n) is 6.00. The number of hydrogen-bond acceptors (Lipinski definition) is 2. The Labute approximate surface area is 97.8 Å². The van der Waals surface area contributed by atoms with Gasteiger partial charge >= 0.3 is 0 Å². The average molecular weight is 219 g/mol. The van der Waals surface area contributed by atoms with Crippen LogP contribution in [0.15, 0.2) is 30.3 Å². The minimum atomic E-state index is -0.0490. The summed E-state index contributed by atoms with van der Waals surface area (Å²) >= 11 is 0. The van der Waals surface area contributed by atoms with Crippen molar-refractivity contribution < 1.29 is 4.74 Å². The fourth-order valence-corrected chi connectivity index (χ4v) is 2.10. The Hall–Kier alpha value is -0.860. The quantitative estimate of drug-likeness (QED) is 0.845. The fourth-order valence-electron chi connectivity index (χ4n) is 2.10. The van der Waals surface area contributed by atoms with E-state index in [0.29, 0.717) is 12.0 Å². The van der Waals surface area contributed by atoms with Crippen molar-refractivity contribution in [3.05, 3.63) is 35.9 Å². The molecule has 0 aliphatic heterocycles. The van der Waals surface area contributed by atoms with Crippen molar-refractivity contribution in [1.82, 2.24) is 0 Å². The summed E-state index contributed by atoms with van der Waals surface area (Å²) in [5, 5.41) is 0. The van der Waals surface area contributed by atoms with Crippen LogP contribution >= 0.6 is 0 Å². The van der Waals surface area contributed by atoms with Gasteiger partial charge in [-0.25, -0.2) is 0 Å². The molecule has 0 radical (unpaired) electrons. The molecule has 0 atom stereocenters. The molecule has 1 aliphatic carbocycles. The van der Waals surface area contributed by atoms with Crippen LogP contribution in [0.2, 0.25) is 0 Å². The van der Waals surface area contributed by atoms with E-state index in [1.165, 1.54) is 5.56 Å². The second-order valence-electron chi connectivity index (χ2n) is 5.41. The average Bonchev–Trinajstić information content (AvgIpc) is 2.15. The normalized spacial score (nSPS) is 25.2. The van der Waals surface area contributed by atoms with Gasteiger partial charge in [0.1, 0.15) is 0 Å². The van der Waals surface area contributed by atoms with Crippen LogP contribution in [0.5, 0.6) is 0 Å². The van der Waals surface area contributed by atoms with Gasteiger partial charge in [-0.05, 0) is 38.2 Å². The summed E-state index contributed by atoms with van der Waals surface area (Å²) in [6.07, 6.45) is 2.63. The van der Waals surface area contributed by atoms with Crippen molar-refractivity contribution in [3.8, 4) is 0 Å². The van der Waals surface area contributed by atoms with Crippen LogP contribution in [0.1, 0.15) is 32.3 Å². The van der Waals surface area contributed by atoms with Gasteiger partial charge in [0.2, 0.25) is 0 Å². The molecule has 2 rings (SSSR count). The van der Waals surface area contributed by atoms with E-state index in [0.717, 1.165) is 19.4 Å². The molecule has 0 heterocycles. The zero-order chi connectivity index (χ0) is 11.6. The Kier molecular flexibility index (Phi) is 3.31. The standard InChI is InChI=1S/C14H21NO/c1-14(2,15)12-8-13(9-12)16-10-11-6-4-3-5-7-11/h3-7,12-13H,8-10,15H2,1-2H3. The lowest BCUT2D eigenvalue weighted by molar-refractivity contribution is -0.0568. The summed E-state index contributed by atoms with van der Waals surface area (Å²) in [4.78, 5) is 0. The molecular weight excluding hydrogens is 198 g/mol. The Morgan fingerprint density at radius 2 is 1.88 bits per heavy atom. The molecular formula is C14H21NO. The van der Waals surface area contributed by atoms with Gasteiger partial charge in [0, 0.05) is 5.54 Å². The van der Waals surface area contributed by atoms with E-state index in [4.69, 9.17) is 10.5 Å². The highest BCUT2D eigenvalue weighted by Gasteiger charge is 2.38. The number of benzene rings is 1. The summed E-state index contributed by atoms with van der Waals surface area (Å²) in [6, 6.07) is 10.3. The Morgan fingerprint density at radius 1 is 1.25 bits per heavy atom. The largest absolute Gasteiger partial charge is 0.374 e. The molecule has 1 saturated carbocycles. The maximum absolute atomic E-state index is 6.05. The first-order valence-corrected chi connectivity index (χ1v) is 6.00. The Morgan fingerprint density at radius 3 is 2.44 bits per heavy atom. The van der Waals surface area contributed by atoms with Crippen LogP contribution in [0.25, 0.3) is 0 Å². The maximum Gasteiger partial charge on any atom is 0.0720 e. The molecule has 0 amide bonds. The summed E-state index contributed by atoms with van der Waals surface area (Å²) in [5.41, 5.74) is 7.25. The van der Waals surface area contributed by atoms with Gasteiger partial charge in [-0.15, -0.1) is 0 Å². The Bertz CT molecular complexity index is 322. The highest BCUT2D eigenvalue weighted by Crippen LogP contribution is 2.37. The van der Waals surface area contributed by atoms with Crippen molar-refractivity contribution >= 4 is 0 Å². The first kappa shape index (κ1) is 11.6. The molecule has 1 aromatic carbocycles. The van der Waals surface area contributed by atoms with Gasteiger partial charge in [0.05, 0.1) is 12.7 Å². The van der Waals surface area contributed by atoms with Crippen LogP contribution < -0.4 is 5.73 Å². The molecule has 1 aliphatic rings. The number of hydrogen-bond donors (Lipinski definition) is 1. The number of ether oxygens (including phenoxy) is 1. The van der Waals surface area contributed by atoms with Gasteiger partial charge in [0.25, 0.3) is 0 Å². The SMILES string of the molecule is CC(C)(N)C1CC(OCc2ccccc2)C1. The molecule has 2 nitrogen and oxygen atoms in total. The van der Waals surface area contributed by atoms with E-state index < -0.39 is 0 Å². The monoisotopic (exact) mass is 219 g/mol. The molecule has 88 valence electrons. The fraction of sp³-hybridized carbons (Fsp3) is 0.571. The third-order valence-electron chi connectivity index (χ3n) is 3.48. The third-order valence-corrected chi connectivity index (χ3v) is 3.48. The van der Waals surface area contributed by atoms with Crippen molar-refractivity contribution in [2.45, 2.75) is 44.9 Å². The number of rotatable bonds is 4. The third kappa shape index (κ3) is 2.83. The molecule has 2 heteroatoms. The van der Waals surface area contributed by atoms with Crippen molar-refractivity contribution in [2.75, 3.05) is 0 Å². The molecule has 2 N–H and O–H groups in total. The summed E-state index contributed by atoms with van der Waals surface area (Å²) in [6.45, 7) is 4.93. The lowest BCUT2D eigenvalue weighted by Gasteiger charge is -2.43. The predicted molar refractivity (Wildman–Crippen MR) is 66.0 cm³/mol. The molecule has 1 aromatic rings. The smallest absolute Gasteiger partial charge is 0.0720 e. The maximum atomic E-state index is 6.05. The van der Waals surface area contributed by atoms with E-state index in [-0.39, 0.29) is 5.54 Å². The predicted octanol–water partition coefficient (Wildman–Crippen LogP) is 2.72. The van der Waals surface area contributed by atoms with E-state index in [1.54, 1.807) is 0 Å². The van der Waals surface area contributed by atoms with Gasteiger partial charge < -0.3 is 10.5 Å². The van der Waals surface area contributed by atoms with Gasteiger partial charge in [-0.3, -0.25) is 0 Å². The zero-order valence-corrected chi connectivity index (χ0v) is 10.1. The summed E-state index contributed by atoms with van der Waals surface area (Å²) < 4.78 is 5.83. The van der Waals surface area contributed by atoms with Crippen molar-refractivity contribution in [3.63, 3.8) is 0 Å². The van der Waals surface area contributed by atoms with Crippen molar-refractivity contribution in [1.29, 1.82) is 0 Å². The lowest BCUT2D eigenvalue weighted by atomic mass is 9.71. The second-order valence-corrected chi connectivity index (χ2v) is 5.41. The van der Waals surface area contributed by atoms with Gasteiger partial charge in [-0.1, -0.05) is 30.3 Å². The van der Waals surface area contributed by atoms with E-state index >= 15 is 0 Å². The minimum Gasteiger partial charge on any atom is -0.374 e. The zero-order valence-electron chi connectivity index (χ0n) is 10.1. The first-order chi connectivity index (χ1) is 7.55. The van der Waals surface area contributed by atoms with E-state index in [9.17, 15) is 0 Å². The van der Waals surface area contributed by atoms with Crippen LogP contribution in [0.4, 0.5) is 0 Å². The molecule has 0 saturated heterocycles. The van der Waals surface area contributed by atoms with Crippen molar-refractivity contribution in [2.24, 2.45) is 11.7 Å². The van der Waals surface area contributed by atoms with E-state index in [1.807, 2.05) is 18.2 Å². The summed E-state index contributed by atoms with van der Waals surface area (Å²) in [5.74, 6) is 0.619. The van der Waals surface area contributed by atoms with Crippen LogP contribution in [0.3, 0.4) is 0 Å². The second kappa shape index (κ2) is 4.56. The van der Waals surface area contributed by atoms with E-state index in [2.05, 4.69) is 26.0 Å². The number of nitrogens with two attached hydrogens (primary N) is 1. The molecule has 0 aromatic heterocycles. The van der Waals surface area contributed by atoms with Gasteiger partial charge in [0.15, 0.2) is 0 Å². The molecule has 1 fully saturated rings. The molecule has 0 unspecified atom stereocenters. The van der Waals surface area contributed by atoms with Crippen LogP contribution in [-0.4, -0.2) is 11.6 Å². The van der Waals surface area contributed by atoms with Crippen LogP contribution in [0, 0.1) is 5.92 Å². The lowest BCUT2D eigenvalue weighted by Crippen LogP contribution is -2.49. The van der Waals surface area contributed by atoms with Gasteiger partial charge in [-0.2, -0.15) is 0 Å². The topological polar surface area (TPSA) is 35.2 Å². The highest BCUT2D eigenvalue weighted by atomic mass is 16.5. The molecule has 0 bridgehead atoms. The summed E-state index contributed by atoms with van der Waals surface area (Å²) in [7, 11) is 0. The molecule has 0 spiro atoms. The Balaban J connectivity index is 1.71. The minimum absolute atomic E-state index is 0.0490. The van der Waals surface area contributed by atoms with Crippen LogP contribution in [-0.2, 0) is 11.3 Å². The molecule has 16 heavy (non-hydrogen) atoms.